The average Bonchev–Trinajstić information content (AvgIpc) is 2.08. The first-order valence-electron chi connectivity index (χ1n) is 4.66. The first-order chi connectivity index (χ1) is 6.82. The SMILES string of the molecule is CN(CCC(=O)O)C(=O)C1CC(F)(F)C1. The van der Waals surface area contributed by atoms with Crippen LogP contribution in [0.2, 0.25) is 0 Å². The number of carboxylic acid groups (broad SMARTS) is 1. The summed E-state index contributed by atoms with van der Waals surface area (Å²) in [6, 6.07) is 0. The van der Waals surface area contributed by atoms with Crippen molar-refractivity contribution in [2.45, 2.75) is 25.2 Å². The maximum atomic E-state index is 12.5. The van der Waals surface area contributed by atoms with E-state index in [2.05, 4.69) is 0 Å². The van der Waals surface area contributed by atoms with Gasteiger partial charge in [0.15, 0.2) is 0 Å². The molecule has 0 atom stereocenters. The lowest BCUT2D eigenvalue weighted by Gasteiger charge is -2.35. The van der Waals surface area contributed by atoms with Crippen LogP contribution < -0.4 is 0 Å². The zero-order valence-electron chi connectivity index (χ0n) is 8.37. The van der Waals surface area contributed by atoms with Gasteiger partial charge in [-0.2, -0.15) is 0 Å². The quantitative estimate of drug-likeness (QED) is 0.769. The highest BCUT2D eigenvalue weighted by molar-refractivity contribution is 5.80. The normalized spacial score (nSPS) is 19.4. The van der Waals surface area contributed by atoms with Crippen LogP contribution in [-0.2, 0) is 9.59 Å². The van der Waals surface area contributed by atoms with Gasteiger partial charge in [-0.15, -0.1) is 0 Å². The molecule has 1 fully saturated rings. The van der Waals surface area contributed by atoms with Crippen molar-refractivity contribution in [1.82, 2.24) is 4.90 Å². The minimum Gasteiger partial charge on any atom is -0.481 e. The van der Waals surface area contributed by atoms with Gasteiger partial charge in [-0.1, -0.05) is 0 Å². The van der Waals surface area contributed by atoms with Crippen LogP contribution in [0.3, 0.4) is 0 Å². The third-order valence-electron chi connectivity index (χ3n) is 2.48. The molecule has 86 valence electrons. The van der Waals surface area contributed by atoms with Crippen molar-refractivity contribution in [3.05, 3.63) is 0 Å². The van der Waals surface area contributed by atoms with Crippen molar-refractivity contribution >= 4 is 11.9 Å². The van der Waals surface area contributed by atoms with Crippen molar-refractivity contribution in [3.8, 4) is 0 Å². The van der Waals surface area contributed by atoms with Crippen LogP contribution >= 0.6 is 0 Å². The zero-order valence-corrected chi connectivity index (χ0v) is 8.37. The molecule has 0 bridgehead atoms. The van der Waals surface area contributed by atoms with Gasteiger partial charge in [-0.25, -0.2) is 8.78 Å². The molecule has 1 N–H and O–H groups in total. The second-order valence-corrected chi connectivity index (χ2v) is 3.86. The first kappa shape index (κ1) is 11.9. The number of halogens is 2. The summed E-state index contributed by atoms with van der Waals surface area (Å²) < 4.78 is 24.9. The number of hydrogen-bond acceptors (Lipinski definition) is 2. The highest BCUT2D eigenvalue weighted by atomic mass is 19.3. The van der Waals surface area contributed by atoms with Crippen LogP contribution in [0, 0.1) is 5.92 Å². The Morgan fingerprint density at radius 1 is 1.47 bits per heavy atom. The van der Waals surface area contributed by atoms with Gasteiger partial charge in [-0.3, -0.25) is 9.59 Å². The van der Waals surface area contributed by atoms with Crippen molar-refractivity contribution in [2.24, 2.45) is 5.92 Å². The monoisotopic (exact) mass is 221 g/mol. The van der Waals surface area contributed by atoms with Gasteiger partial charge in [0, 0.05) is 32.4 Å². The number of amides is 1. The van der Waals surface area contributed by atoms with Crippen molar-refractivity contribution in [2.75, 3.05) is 13.6 Å². The number of aliphatic carboxylic acids is 1. The van der Waals surface area contributed by atoms with Gasteiger partial charge < -0.3 is 10.0 Å². The molecular weight excluding hydrogens is 208 g/mol. The van der Waals surface area contributed by atoms with E-state index in [0.29, 0.717) is 0 Å². The van der Waals surface area contributed by atoms with Gasteiger partial charge >= 0.3 is 5.97 Å². The summed E-state index contributed by atoms with van der Waals surface area (Å²) in [6.07, 6.45) is -0.988. The number of rotatable bonds is 4. The van der Waals surface area contributed by atoms with Crippen LogP contribution in [0.25, 0.3) is 0 Å². The minimum absolute atomic E-state index is 0.0657. The van der Waals surface area contributed by atoms with Gasteiger partial charge in [-0.05, 0) is 0 Å². The molecule has 0 aromatic heterocycles. The van der Waals surface area contributed by atoms with Crippen LogP contribution in [0.1, 0.15) is 19.3 Å². The first-order valence-corrected chi connectivity index (χ1v) is 4.66. The van der Waals surface area contributed by atoms with Gasteiger partial charge in [0.25, 0.3) is 0 Å². The Morgan fingerprint density at radius 2 is 2.00 bits per heavy atom. The molecule has 15 heavy (non-hydrogen) atoms. The molecule has 1 amide bonds. The maximum absolute atomic E-state index is 12.5. The largest absolute Gasteiger partial charge is 0.481 e. The molecule has 1 rings (SSSR count). The van der Waals surface area contributed by atoms with E-state index in [4.69, 9.17) is 5.11 Å². The van der Waals surface area contributed by atoms with Gasteiger partial charge in [0.05, 0.1) is 6.42 Å². The second kappa shape index (κ2) is 4.12. The summed E-state index contributed by atoms with van der Waals surface area (Å²) in [5.74, 6) is -4.75. The van der Waals surface area contributed by atoms with E-state index < -0.39 is 30.7 Å². The Labute approximate surface area is 85.9 Å². The summed E-state index contributed by atoms with van der Waals surface area (Å²) in [7, 11) is 1.43. The summed E-state index contributed by atoms with van der Waals surface area (Å²) in [5.41, 5.74) is 0. The molecule has 0 radical (unpaired) electrons. The third-order valence-corrected chi connectivity index (χ3v) is 2.48. The highest BCUT2D eigenvalue weighted by Crippen LogP contribution is 2.42. The van der Waals surface area contributed by atoms with Crippen LogP contribution in [0.5, 0.6) is 0 Å². The van der Waals surface area contributed by atoms with Crippen LogP contribution in [0.15, 0.2) is 0 Å². The summed E-state index contributed by atoms with van der Waals surface area (Å²) in [4.78, 5) is 22.9. The number of alkyl halides is 2. The maximum Gasteiger partial charge on any atom is 0.305 e. The average molecular weight is 221 g/mol. The molecule has 0 unspecified atom stereocenters. The fourth-order valence-electron chi connectivity index (χ4n) is 1.52. The van der Waals surface area contributed by atoms with Crippen LogP contribution in [-0.4, -0.2) is 41.4 Å². The molecule has 4 nitrogen and oxygen atoms in total. The molecule has 1 saturated carbocycles. The minimum atomic E-state index is -2.71. The highest BCUT2D eigenvalue weighted by Gasteiger charge is 2.49. The number of carbonyl (C=O) groups excluding carboxylic acids is 1. The summed E-state index contributed by atoms with van der Waals surface area (Å²) in [5, 5.41) is 8.38. The molecule has 1 aliphatic carbocycles. The van der Waals surface area contributed by atoms with Crippen LogP contribution in [0.4, 0.5) is 8.78 Å². The smallest absolute Gasteiger partial charge is 0.305 e. The molecule has 0 aromatic carbocycles. The lowest BCUT2D eigenvalue weighted by Crippen LogP contribution is -2.46. The molecule has 0 aliphatic heterocycles. The van der Waals surface area contributed by atoms with E-state index in [1.165, 1.54) is 11.9 Å². The summed E-state index contributed by atoms with van der Waals surface area (Å²) >= 11 is 0. The lowest BCUT2D eigenvalue weighted by atomic mass is 9.80. The van der Waals surface area contributed by atoms with Gasteiger partial charge in [0.1, 0.15) is 0 Å². The molecule has 1 aliphatic rings. The van der Waals surface area contributed by atoms with E-state index in [1.54, 1.807) is 0 Å². The number of carbonyl (C=O) groups is 2. The van der Waals surface area contributed by atoms with E-state index in [0.717, 1.165) is 0 Å². The molecule has 0 aromatic rings. The predicted octanol–water partition coefficient (Wildman–Crippen LogP) is 0.965. The number of hydrogen-bond donors (Lipinski definition) is 1. The molecule has 0 saturated heterocycles. The molecule has 0 spiro atoms. The Kier molecular flexibility index (Phi) is 3.26. The number of carboxylic acids is 1. The van der Waals surface area contributed by atoms with Gasteiger partial charge in [0.2, 0.25) is 11.8 Å². The van der Waals surface area contributed by atoms with E-state index in [-0.39, 0.29) is 18.9 Å². The summed E-state index contributed by atoms with van der Waals surface area (Å²) in [6.45, 7) is 0.0657. The molecular formula is C9H13F2NO3. The van der Waals surface area contributed by atoms with Crippen molar-refractivity contribution in [3.63, 3.8) is 0 Å². The third kappa shape index (κ3) is 3.14. The van der Waals surface area contributed by atoms with Crippen molar-refractivity contribution in [1.29, 1.82) is 0 Å². The Morgan fingerprint density at radius 3 is 2.40 bits per heavy atom. The Hall–Kier alpha value is -1.20. The second-order valence-electron chi connectivity index (χ2n) is 3.86. The van der Waals surface area contributed by atoms with E-state index >= 15 is 0 Å². The predicted molar refractivity (Wildman–Crippen MR) is 47.6 cm³/mol. The van der Waals surface area contributed by atoms with E-state index in [9.17, 15) is 18.4 Å². The fourth-order valence-corrected chi connectivity index (χ4v) is 1.52. The standard InChI is InChI=1S/C9H13F2NO3/c1-12(3-2-7(13)14)8(15)6-4-9(10,11)5-6/h6H,2-5H2,1H3,(H,13,14). The Bertz CT molecular complexity index is 273. The molecule has 6 heteroatoms. The lowest BCUT2D eigenvalue weighted by molar-refractivity contribution is -0.159. The Balaban J connectivity index is 2.32. The topological polar surface area (TPSA) is 57.6 Å². The molecule has 0 heterocycles. The van der Waals surface area contributed by atoms with E-state index in [1.807, 2.05) is 0 Å². The van der Waals surface area contributed by atoms with Crippen molar-refractivity contribution < 1.29 is 23.5 Å². The fraction of sp³-hybridized carbons (Fsp3) is 0.778. The number of nitrogens with zero attached hydrogens (tertiary/aromatic N) is 1. The zero-order chi connectivity index (χ0) is 11.6.